The number of benzene rings is 1. The Morgan fingerprint density at radius 3 is 2.50 bits per heavy atom. The molecule has 0 heterocycles. The second-order valence-corrected chi connectivity index (χ2v) is 7.27. The van der Waals surface area contributed by atoms with Crippen molar-refractivity contribution in [1.29, 1.82) is 0 Å². The topological polar surface area (TPSA) is 66.4 Å². The standard InChI is InChI=1S/C19H26FNO3/c1-12(2)16-9-4-13(3)10-19(16,24)18(23)21-11-17(22)14-5-7-15(20)8-6-14/h5-8,12-13,16,24H,4,9-11H2,1-3H3,(H,21,23)/t13-,16+,19+/m1/s1. The number of aliphatic hydroxyl groups is 1. The molecule has 2 N–H and O–H groups in total. The quantitative estimate of drug-likeness (QED) is 0.813. The second kappa shape index (κ2) is 7.43. The molecule has 1 amide bonds. The van der Waals surface area contributed by atoms with Gasteiger partial charge in [0, 0.05) is 5.56 Å². The minimum absolute atomic E-state index is 0.116. The first-order valence-corrected chi connectivity index (χ1v) is 8.53. The molecule has 132 valence electrons. The van der Waals surface area contributed by atoms with E-state index >= 15 is 0 Å². The lowest BCUT2D eigenvalue weighted by Gasteiger charge is -2.43. The zero-order valence-electron chi connectivity index (χ0n) is 14.5. The molecule has 0 spiro atoms. The highest BCUT2D eigenvalue weighted by atomic mass is 19.1. The highest BCUT2D eigenvalue weighted by Crippen LogP contribution is 2.41. The molecule has 3 atom stereocenters. The molecule has 24 heavy (non-hydrogen) atoms. The Balaban J connectivity index is 2.04. The Hall–Kier alpha value is -1.75. The van der Waals surface area contributed by atoms with Crippen molar-refractivity contribution in [1.82, 2.24) is 5.32 Å². The second-order valence-electron chi connectivity index (χ2n) is 7.27. The Morgan fingerprint density at radius 1 is 1.29 bits per heavy atom. The van der Waals surface area contributed by atoms with E-state index in [2.05, 4.69) is 5.32 Å². The molecule has 0 saturated heterocycles. The van der Waals surface area contributed by atoms with Gasteiger partial charge in [-0.15, -0.1) is 0 Å². The number of amides is 1. The van der Waals surface area contributed by atoms with Crippen molar-refractivity contribution >= 4 is 11.7 Å². The van der Waals surface area contributed by atoms with Gasteiger partial charge < -0.3 is 10.4 Å². The van der Waals surface area contributed by atoms with E-state index in [0.29, 0.717) is 12.0 Å². The number of Topliss-reactive ketones (excluding diaryl/α,β-unsaturated/α-hetero) is 1. The van der Waals surface area contributed by atoms with Crippen LogP contribution in [0.2, 0.25) is 0 Å². The predicted octanol–water partition coefficient (Wildman–Crippen LogP) is 2.95. The van der Waals surface area contributed by atoms with Crippen molar-refractivity contribution in [3.8, 4) is 0 Å². The van der Waals surface area contributed by atoms with Crippen molar-refractivity contribution in [2.75, 3.05) is 6.54 Å². The molecule has 0 aliphatic heterocycles. The van der Waals surface area contributed by atoms with E-state index in [0.717, 1.165) is 12.8 Å². The van der Waals surface area contributed by atoms with Gasteiger partial charge in [-0.1, -0.05) is 27.2 Å². The summed E-state index contributed by atoms with van der Waals surface area (Å²) in [7, 11) is 0. The summed E-state index contributed by atoms with van der Waals surface area (Å²) in [5.41, 5.74) is -1.10. The summed E-state index contributed by atoms with van der Waals surface area (Å²) >= 11 is 0. The number of ketones is 1. The summed E-state index contributed by atoms with van der Waals surface area (Å²) in [6.45, 7) is 5.83. The van der Waals surface area contributed by atoms with E-state index in [1.54, 1.807) is 0 Å². The first-order chi connectivity index (χ1) is 11.2. The van der Waals surface area contributed by atoms with Crippen LogP contribution in [0.15, 0.2) is 24.3 Å². The molecule has 4 nitrogen and oxygen atoms in total. The summed E-state index contributed by atoms with van der Waals surface area (Å²) in [4.78, 5) is 24.7. The molecule has 1 aromatic rings. The van der Waals surface area contributed by atoms with Crippen LogP contribution in [-0.4, -0.2) is 28.9 Å². The summed E-state index contributed by atoms with van der Waals surface area (Å²) in [6, 6.07) is 5.19. The molecule has 1 aliphatic rings. The Labute approximate surface area is 142 Å². The van der Waals surface area contributed by atoms with Crippen LogP contribution >= 0.6 is 0 Å². The SMILES string of the molecule is CC(C)[C@@H]1CC[C@@H](C)C[C@@]1(O)C(=O)NCC(=O)c1ccc(F)cc1. The molecule has 2 rings (SSSR count). The third kappa shape index (κ3) is 4.01. The predicted molar refractivity (Wildman–Crippen MR) is 90.0 cm³/mol. The number of carbonyl (C=O) groups excluding carboxylic acids is 2. The largest absolute Gasteiger partial charge is 0.380 e. The first-order valence-electron chi connectivity index (χ1n) is 8.53. The molecule has 0 radical (unpaired) electrons. The number of rotatable bonds is 5. The Morgan fingerprint density at radius 2 is 1.92 bits per heavy atom. The normalized spacial score (nSPS) is 27.1. The van der Waals surface area contributed by atoms with Crippen molar-refractivity contribution in [3.05, 3.63) is 35.6 Å². The first kappa shape index (κ1) is 18.6. The highest BCUT2D eigenvalue weighted by molar-refractivity contribution is 6.00. The summed E-state index contributed by atoms with van der Waals surface area (Å²) in [5.74, 6) is -0.875. The number of hydrogen-bond acceptors (Lipinski definition) is 3. The van der Waals surface area contributed by atoms with Gasteiger partial charge >= 0.3 is 0 Å². The van der Waals surface area contributed by atoms with E-state index < -0.39 is 17.3 Å². The van der Waals surface area contributed by atoms with Crippen LogP contribution in [-0.2, 0) is 4.79 Å². The van der Waals surface area contributed by atoms with E-state index in [9.17, 15) is 19.1 Å². The van der Waals surface area contributed by atoms with Gasteiger partial charge in [0.15, 0.2) is 5.78 Å². The van der Waals surface area contributed by atoms with Crippen molar-refractivity contribution in [3.63, 3.8) is 0 Å². The summed E-state index contributed by atoms with van der Waals surface area (Å²) in [6.07, 6.45) is 2.20. The monoisotopic (exact) mass is 335 g/mol. The highest BCUT2D eigenvalue weighted by Gasteiger charge is 2.48. The van der Waals surface area contributed by atoms with Gasteiger partial charge in [-0.25, -0.2) is 4.39 Å². The van der Waals surface area contributed by atoms with Gasteiger partial charge in [-0.05, 0) is 54.9 Å². The van der Waals surface area contributed by atoms with Gasteiger partial charge in [0.1, 0.15) is 11.4 Å². The maximum Gasteiger partial charge on any atom is 0.252 e. The van der Waals surface area contributed by atoms with Gasteiger partial charge in [0.25, 0.3) is 5.91 Å². The molecule has 1 aromatic carbocycles. The smallest absolute Gasteiger partial charge is 0.252 e. The summed E-state index contributed by atoms with van der Waals surface area (Å²) < 4.78 is 12.9. The third-order valence-corrected chi connectivity index (χ3v) is 5.02. The molecule has 0 unspecified atom stereocenters. The van der Waals surface area contributed by atoms with Gasteiger partial charge in [-0.3, -0.25) is 9.59 Å². The van der Waals surface area contributed by atoms with E-state index in [-0.39, 0.29) is 30.1 Å². The zero-order chi connectivity index (χ0) is 17.9. The summed E-state index contributed by atoms with van der Waals surface area (Å²) in [5, 5.41) is 13.6. The van der Waals surface area contributed by atoms with Crippen LogP contribution in [0.5, 0.6) is 0 Å². The third-order valence-electron chi connectivity index (χ3n) is 5.02. The van der Waals surface area contributed by atoms with Crippen molar-refractivity contribution in [2.24, 2.45) is 17.8 Å². The van der Waals surface area contributed by atoms with Crippen LogP contribution in [0.1, 0.15) is 50.4 Å². The van der Waals surface area contributed by atoms with Crippen molar-refractivity contribution in [2.45, 2.75) is 45.6 Å². The average Bonchev–Trinajstić information content (AvgIpc) is 2.52. The van der Waals surface area contributed by atoms with Crippen LogP contribution in [0.4, 0.5) is 4.39 Å². The maximum atomic E-state index is 12.9. The van der Waals surface area contributed by atoms with E-state index in [1.807, 2.05) is 20.8 Å². The molecule has 1 aliphatic carbocycles. The lowest BCUT2D eigenvalue weighted by molar-refractivity contribution is -0.155. The molecular weight excluding hydrogens is 309 g/mol. The fourth-order valence-corrected chi connectivity index (χ4v) is 3.68. The van der Waals surface area contributed by atoms with Gasteiger partial charge in [0.2, 0.25) is 0 Å². The number of nitrogens with one attached hydrogen (secondary N) is 1. The zero-order valence-corrected chi connectivity index (χ0v) is 14.5. The molecule has 1 fully saturated rings. The fraction of sp³-hybridized carbons (Fsp3) is 0.579. The maximum absolute atomic E-state index is 12.9. The van der Waals surface area contributed by atoms with Crippen LogP contribution in [0.25, 0.3) is 0 Å². The minimum atomic E-state index is -1.44. The van der Waals surface area contributed by atoms with Crippen LogP contribution in [0, 0.1) is 23.6 Å². The van der Waals surface area contributed by atoms with Gasteiger partial charge in [0.05, 0.1) is 6.54 Å². The lowest BCUT2D eigenvalue weighted by atomic mass is 9.66. The van der Waals surface area contributed by atoms with Crippen LogP contribution in [0.3, 0.4) is 0 Å². The minimum Gasteiger partial charge on any atom is -0.380 e. The van der Waals surface area contributed by atoms with E-state index in [4.69, 9.17) is 0 Å². The molecule has 5 heteroatoms. The molecule has 0 aromatic heterocycles. The van der Waals surface area contributed by atoms with Crippen molar-refractivity contribution < 1.29 is 19.1 Å². The number of carbonyl (C=O) groups is 2. The molecule has 0 bridgehead atoms. The molecular formula is C19H26FNO3. The Kier molecular flexibility index (Phi) is 5.75. The Bertz CT molecular complexity index is 599. The average molecular weight is 335 g/mol. The fourth-order valence-electron chi connectivity index (χ4n) is 3.68. The lowest BCUT2D eigenvalue weighted by Crippen LogP contribution is -2.56. The van der Waals surface area contributed by atoms with Crippen LogP contribution < -0.4 is 5.32 Å². The van der Waals surface area contributed by atoms with E-state index in [1.165, 1.54) is 24.3 Å². The van der Waals surface area contributed by atoms with Gasteiger partial charge in [-0.2, -0.15) is 0 Å². The number of halogens is 1. The molecule has 1 saturated carbocycles. The number of hydrogen-bond donors (Lipinski definition) is 2.